The summed E-state index contributed by atoms with van der Waals surface area (Å²) in [5, 5.41) is 13.1. The van der Waals surface area contributed by atoms with Gasteiger partial charge in [0.25, 0.3) is 0 Å². The molecular weight excluding hydrogens is 432 g/mol. The minimum atomic E-state index is -0.561. The highest BCUT2D eigenvalue weighted by Gasteiger charge is 2.28. The molecule has 1 aromatic heterocycles. The van der Waals surface area contributed by atoms with E-state index in [4.69, 9.17) is 4.42 Å². The lowest BCUT2D eigenvalue weighted by Gasteiger charge is -2.17. The van der Waals surface area contributed by atoms with Crippen LogP contribution in [0, 0.1) is 11.3 Å². The van der Waals surface area contributed by atoms with Gasteiger partial charge in [-0.15, -0.1) is 0 Å². The number of amides is 1. The SMILES string of the molecule is N#Cc1c(NC(=O)C(c2ccccc2)c2ccccc2)oc(-c2ccccc2)c1-c1ccccc1. The molecule has 0 aliphatic carbocycles. The molecule has 168 valence electrons. The summed E-state index contributed by atoms with van der Waals surface area (Å²) in [6.45, 7) is 0. The van der Waals surface area contributed by atoms with E-state index in [1.807, 2.05) is 121 Å². The van der Waals surface area contributed by atoms with Crippen LogP contribution in [0.15, 0.2) is 126 Å². The van der Waals surface area contributed by atoms with Crippen LogP contribution in [0.1, 0.15) is 22.6 Å². The molecule has 0 bridgehead atoms. The molecular formula is C31H22N2O2. The first kappa shape index (κ1) is 21.9. The van der Waals surface area contributed by atoms with Gasteiger partial charge in [-0.3, -0.25) is 10.1 Å². The number of nitriles is 1. The summed E-state index contributed by atoms with van der Waals surface area (Å²) >= 11 is 0. The van der Waals surface area contributed by atoms with Crippen LogP contribution >= 0.6 is 0 Å². The van der Waals surface area contributed by atoms with Crippen LogP contribution in [0.3, 0.4) is 0 Å². The van der Waals surface area contributed by atoms with Gasteiger partial charge in [0.15, 0.2) is 0 Å². The van der Waals surface area contributed by atoms with Gasteiger partial charge in [-0.05, 0) is 16.7 Å². The first-order chi connectivity index (χ1) is 17.3. The van der Waals surface area contributed by atoms with E-state index >= 15 is 0 Å². The Kier molecular flexibility index (Phi) is 6.23. The fourth-order valence-corrected chi connectivity index (χ4v) is 4.27. The van der Waals surface area contributed by atoms with Crippen LogP contribution in [0.2, 0.25) is 0 Å². The molecule has 1 amide bonds. The fraction of sp³-hybridized carbons (Fsp3) is 0.0323. The number of rotatable bonds is 6. The molecule has 4 nitrogen and oxygen atoms in total. The van der Waals surface area contributed by atoms with Crippen molar-refractivity contribution in [3.8, 4) is 28.5 Å². The van der Waals surface area contributed by atoms with Gasteiger partial charge in [0.05, 0.1) is 5.92 Å². The first-order valence-corrected chi connectivity index (χ1v) is 11.3. The van der Waals surface area contributed by atoms with E-state index in [-0.39, 0.29) is 11.8 Å². The molecule has 0 unspecified atom stereocenters. The second-order valence-electron chi connectivity index (χ2n) is 8.10. The zero-order valence-corrected chi connectivity index (χ0v) is 18.9. The number of hydrogen-bond donors (Lipinski definition) is 1. The van der Waals surface area contributed by atoms with Crippen LogP contribution in [-0.2, 0) is 4.79 Å². The highest BCUT2D eigenvalue weighted by Crippen LogP contribution is 2.41. The minimum absolute atomic E-state index is 0.145. The summed E-state index contributed by atoms with van der Waals surface area (Å²) in [6.07, 6.45) is 0. The van der Waals surface area contributed by atoms with Gasteiger partial charge in [0, 0.05) is 11.1 Å². The Balaban J connectivity index is 1.61. The Morgan fingerprint density at radius 3 is 1.63 bits per heavy atom. The van der Waals surface area contributed by atoms with Crippen LogP contribution in [0.25, 0.3) is 22.5 Å². The van der Waals surface area contributed by atoms with E-state index in [1.165, 1.54) is 0 Å². The molecule has 0 radical (unpaired) electrons. The number of carbonyl (C=O) groups is 1. The van der Waals surface area contributed by atoms with Crippen LogP contribution < -0.4 is 5.32 Å². The number of anilines is 1. The summed E-state index contributed by atoms with van der Waals surface area (Å²) in [7, 11) is 0. The Labute approximate surface area is 204 Å². The van der Waals surface area contributed by atoms with Crippen LogP contribution in [0.5, 0.6) is 0 Å². The van der Waals surface area contributed by atoms with Crippen molar-refractivity contribution in [3.05, 3.63) is 138 Å². The maximum Gasteiger partial charge on any atom is 0.238 e. The molecule has 0 saturated heterocycles. The number of carbonyl (C=O) groups excluding carboxylic acids is 1. The van der Waals surface area contributed by atoms with Gasteiger partial charge in [0.2, 0.25) is 11.8 Å². The Bertz CT molecular complexity index is 1430. The van der Waals surface area contributed by atoms with E-state index in [0.29, 0.717) is 16.9 Å². The summed E-state index contributed by atoms with van der Waals surface area (Å²) < 4.78 is 6.22. The van der Waals surface area contributed by atoms with Crippen molar-refractivity contribution in [1.29, 1.82) is 5.26 Å². The predicted octanol–water partition coefficient (Wildman–Crippen LogP) is 7.26. The van der Waals surface area contributed by atoms with E-state index < -0.39 is 5.92 Å². The smallest absolute Gasteiger partial charge is 0.238 e. The fourth-order valence-electron chi connectivity index (χ4n) is 4.27. The third-order valence-corrected chi connectivity index (χ3v) is 5.88. The molecule has 35 heavy (non-hydrogen) atoms. The maximum absolute atomic E-state index is 13.7. The normalized spacial score (nSPS) is 10.6. The van der Waals surface area contributed by atoms with Gasteiger partial charge in [-0.1, -0.05) is 121 Å². The van der Waals surface area contributed by atoms with Gasteiger partial charge in [-0.2, -0.15) is 5.26 Å². The second-order valence-corrected chi connectivity index (χ2v) is 8.10. The zero-order valence-electron chi connectivity index (χ0n) is 18.9. The van der Waals surface area contributed by atoms with Crippen molar-refractivity contribution in [1.82, 2.24) is 0 Å². The third kappa shape index (κ3) is 4.48. The molecule has 0 aliphatic rings. The summed E-state index contributed by atoms with van der Waals surface area (Å²) in [5.41, 5.74) is 4.33. The average molecular weight is 455 g/mol. The zero-order chi connectivity index (χ0) is 24.0. The molecule has 0 spiro atoms. The van der Waals surface area contributed by atoms with Crippen molar-refractivity contribution in [2.24, 2.45) is 0 Å². The average Bonchev–Trinajstić information content (AvgIpc) is 3.29. The van der Waals surface area contributed by atoms with Crippen LogP contribution in [-0.4, -0.2) is 5.91 Å². The van der Waals surface area contributed by atoms with Crippen molar-refractivity contribution in [2.45, 2.75) is 5.92 Å². The highest BCUT2D eigenvalue weighted by molar-refractivity contribution is 6.00. The third-order valence-electron chi connectivity index (χ3n) is 5.88. The van der Waals surface area contributed by atoms with E-state index in [9.17, 15) is 10.1 Å². The van der Waals surface area contributed by atoms with Crippen molar-refractivity contribution >= 4 is 11.8 Å². The lowest BCUT2D eigenvalue weighted by atomic mass is 9.90. The largest absolute Gasteiger partial charge is 0.438 e. The molecule has 5 rings (SSSR count). The lowest BCUT2D eigenvalue weighted by molar-refractivity contribution is -0.116. The summed E-state index contributed by atoms with van der Waals surface area (Å²) in [5.74, 6) is -0.145. The summed E-state index contributed by atoms with van der Waals surface area (Å²) in [6, 6.07) is 40.7. The van der Waals surface area contributed by atoms with Crippen molar-refractivity contribution in [3.63, 3.8) is 0 Å². The van der Waals surface area contributed by atoms with Gasteiger partial charge in [-0.25, -0.2) is 0 Å². The van der Waals surface area contributed by atoms with Gasteiger partial charge in [0.1, 0.15) is 17.4 Å². The molecule has 1 heterocycles. The lowest BCUT2D eigenvalue weighted by Crippen LogP contribution is -2.22. The second kappa shape index (κ2) is 9.94. The topological polar surface area (TPSA) is 66.0 Å². The van der Waals surface area contributed by atoms with Gasteiger partial charge < -0.3 is 4.42 Å². The van der Waals surface area contributed by atoms with E-state index in [1.54, 1.807) is 0 Å². The maximum atomic E-state index is 13.7. The molecule has 0 fully saturated rings. The number of nitrogens with one attached hydrogen (secondary N) is 1. The van der Waals surface area contributed by atoms with Crippen LogP contribution in [0.4, 0.5) is 5.88 Å². The van der Waals surface area contributed by atoms with E-state index in [0.717, 1.165) is 22.3 Å². The number of hydrogen-bond acceptors (Lipinski definition) is 3. The van der Waals surface area contributed by atoms with E-state index in [2.05, 4.69) is 11.4 Å². The Morgan fingerprint density at radius 2 is 1.14 bits per heavy atom. The Morgan fingerprint density at radius 1 is 0.686 bits per heavy atom. The number of furan rings is 1. The van der Waals surface area contributed by atoms with Gasteiger partial charge >= 0.3 is 0 Å². The highest BCUT2D eigenvalue weighted by atomic mass is 16.4. The first-order valence-electron chi connectivity index (χ1n) is 11.3. The molecule has 5 aromatic rings. The summed E-state index contributed by atoms with van der Waals surface area (Å²) in [4.78, 5) is 13.7. The predicted molar refractivity (Wildman–Crippen MR) is 138 cm³/mol. The number of benzene rings is 4. The standard InChI is InChI=1S/C31H22N2O2/c32-21-26-28(24-17-9-3-10-18-24)29(25-19-11-4-12-20-25)35-31(26)33-30(34)27(22-13-5-1-6-14-22)23-15-7-2-8-16-23/h1-20,27H,(H,33,34). The molecule has 4 aromatic carbocycles. The molecule has 1 N–H and O–H groups in total. The molecule has 0 aliphatic heterocycles. The minimum Gasteiger partial charge on any atom is -0.438 e. The van der Waals surface area contributed by atoms with Crippen molar-refractivity contribution in [2.75, 3.05) is 5.32 Å². The van der Waals surface area contributed by atoms with Crippen molar-refractivity contribution < 1.29 is 9.21 Å². The molecule has 0 saturated carbocycles. The quantitative estimate of drug-likeness (QED) is 0.294. The number of nitrogens with zero attached hydrogens (tertiary/aromatic N) is 1. The molecule has 4 heteroatoms. The molecule has 0 atom stereocenters. The Hall–Kier alpha value is -4.88. The monoisotopic (exact) mass is 454 g/mol.